The van der Waals surface area contributed by atoms with Crippen molar-refractivity contribution in [3.8, 4) is 0 Å². The number of hydrogen-bond donors (Lipinski definition) is 1. The zero-order valence-corrected chi connectivity index (χ0v) is 11.8. The van der Waals surface area contributed by atoms with Crippen molar-refractivity contribution in [3.63, 3.8) is 0 Å². The second-order valence-corrected chi connectivity index (χ2v) is 5.54. The zero-order valence-electron chi connectivity index (χ0n) is 11.8. The SMILES string of the molecule is CCNCc1cnccc1N1CCN(C2CC2)CC1. The second-order valence-electron chi connectivity index (χ2n) is 5.54. The molecule has 0 bridgehead atoms. The maximum atomic E-state index is 4.27. The lowest BCUT2D eigenvalue weighted by molar-refractivity contribution is 0.248. The van der Waals surface area contributed by atoms with Gasteiger partial charge in [0.1, 0.15) is 0 Å². The summed E-state index contributed by atoms with van der Waals surface area (Å²) in [5, 5.41) is 3.40. The molecule has 1 aromatic heterocycles. The Bertz CT molecular complexity index is 408. The van der Waals surface area contributed by atoms with E-state index >= 15 is 0 Å². The van der Waals surface area contributed by atoms with E-state index in [2.05, 4.69) is 33.1 Å². The Morgan fingerprint density at radius 1 is 1.26 bits per heavy atom. The van der Waals surface area contributed by atoms with Gasteiger partial charge in [0.15, 0.2) is 0 Å². The predicted octanol–water partition coefficient (Wildman–Crippen LogP) is 1.48. The summed E-state index contributed by atoms with van der Waals surface area (Å²) < 4.78 is 0. The molecule has 0 atom stereocenters. The van der Waals surface area contributed by atoms with E-state index in [4.69, 9.17) is 0 Å². The molecule has 2 fully saturated rings. The van der Waals surface area contributed by atoms with Crippen LogP contribution in [0.4, 0.5) is 5.69 Å². The summed E-state index contributed by atoms with van der Waals surface area (Å²) >= 11 is 0. The Kier molecular flexibility index (Phi) is 3.99. The summed E-state index contributed by atoms with van der Waals surface area (Å²) in [7, 11) is 0. The Morgan fingerprint density at radius 3 is 2.74 bits per heavy atom. The Hall–Kier alpha value is -1.13. The molecule has 1 saturated carbocycles. The molecule has 3 rings (SSSR count). The number of piperazine rings is 1. The van der Waals surface area contributed by atoms with Gasteiger partial charge in [0.25, 0.3) is 0 Å². The molecule has 1 aromatic rings. The summed E-state index contributed by atoms with van der Waals surface area (Å²) in [6, 6.07) is 3.07. The maximum absolute atomic E-state index is 4.27. The average molecular weight is 260 g/mol. The molecule has 19 heavy (non-hydrogen) atoms. The first-order valence-electron chi connectivity index (χ1n) is 7.51. The third-order valence-electron chi connectivity index (χ3n) is 4.16. The van der Waals surface area contributed by atoms with E-state index in [1.165, 1.54) is 37.2 Å². The van der Waals surface area contributed by atoms with E-state index in [1.807, 2.05) is 12.4 Å². The van der Waals surface area contributed by atoms with Crippen LogP contribution in [0.5, 0.6) is 0 Å². The van der Waals surface area contributed by atoms with Gasteiger partial charge in [-0.25, -0.2) is 0 Å². The standard InChI is InChI=1S/C15H24N4/c1-2-16-11-13-12-17-6-5-15(13)19-9-7-18(8-10-19)14-3-4-14/h5-6,12,14,16H,2-4,7-11H2,1H3. The van der Waals surface area contributed by atoms with Gasteiger partial charge in [-0.15, -0.1) is 0 Å². The maximum Gasteiger partial charge on any atom is 0.0443 e. The average Bonchev–Trinajstić information content (AvgIpc) is 3.30. The highest BCUT2D eigenvalue weighted by Gasteiger charge is 2.31. The van der Waals surface area contributed by atoms with Crippen LogP contribution in [0.25, 0.3) is 0 Å². The van der Waals surface area contributed by atoms with Gasteiger partial charge in [-0.05, 0) is 25.5 Å². The lowest BCUT2D eigenvalue weighted by atomic mass is 10.2. The molecule has 0 spiro atoms. The van der Waals surface area contributed by atoms with Gasteiger partial charge in [0.05, 0.1) is 0 Å². The highest BCUT2D eigenvalue weighted by molar-refractivity contribution is 5.52. The molecular formula is C15H24N4. The molecule has 4 heteroatoms. The smallest absolute Gasteiger partial charge is 0.0443 e. The molecular weight excluding hydrogens is 236 g/mol. The van der Waals surface area contributed by atoms with Gasteiger partial charge in [0.2, 0.25) is 0 Å². The molecule has 0 unspecified atom stereocenters. The highest BCUT2D eigenvalue weighted by atomic mass is 15.3. The topological polar surface area (TPSA) is 31.4 Å². The van der Waals surface area contributed by atoms with Gasteiger partial charge in [-0.1, -0.05) is 6.92 Å². The van der Waals surface area contributed by atoms with Crippen molar-refractivity contribution in [1.82, 2.24) is 15.2 Å². The first kappa shape index (κ1) is 12.9. The Labute approximate surface area is 115 Å². The minimum absolute atomic E-state index is 0.904. The number of hydrogen-bond acceptors (Lipinski definition) is 4. The van der Waals surface area contributed by atoms with Crippen molar-refractivity contribution in [2.24, 2.45) is 0 Å². The third kappa shape index (κ3) is 3.07. The number of aromatic nitrogens is 1. The van der Waals surface area contributed by atoms with E-state index in [0.29, 0.717) is 0 Å². The van der Waals surface area contributed by atoms with Gasteiger partial charge in [0, 0.05) is 62.4 Å². The zero-order chi connectivity index (χ0) is 13.1. The third-order valence-corrected chi connectivity index (χ3v) is 4.16. The largest absolute Gasteiger partial charge is 0.369 e. The van der Waals surface area contributed by atoms with Crippen molar-refractivity contribution in [3.05, 3.63) is 24.0 Å². The summed E-state index contributed by atoms with van der Waals surface area (Å²) in [5.41, 5.74) is 2.69. The van der Waals surface area contributed by atoms with Gasteiger partial charge < -0.3 is 10.2 Å². The van der Waals surface area contributed by atoms with Crippen LogP contribution < -0.4 is 10.2 Å². The molecule has 1 aliphatic heterocycles. The van der Waals surface area contributed by atoms with Gasteiger partial charge >= 0.3 is 0 Å². The van der Waals surface area contributed by atoms with Crippen molar-refractivity contribution in [2.75, 3.05) is 37.6 Å². The Balaban J connectivity index is 1.64. The summed E-state index contributed by atoms with van der Waals surface area (Å²) in [6.07, 6.45) is 6.76. The van der Waals surface area contributed by atoms with Crippen LogP contribution in [0, 0.1) is 0 Å². The number of nitrogens with one attached hydrogen (secondary N) is 1. The van der Waals surface area contributed by atoms with Crippen LogP contribution in [0.1, 0.15) is 25.3 Å². The fourth-order valence-corrected chi connectivity index (χ4v) is 2.89. The van der Waals surface area contributed by atoms with Crippen molar-refractivity contribution >= 4 is 5.69 Å². The molecule has 2 heterocycles. The van der Waals surface area contributed by atoms with E-state index in [-0.39, 0.29) is 0 Å². The van der Waals surface area contributed by atoms with Crippen LogP contribution in [0.2, 0.25) is 0 Å². The van der Waals surface area contributed by atoms with Crippen LogP contribution in [-0.4, -0.2) is 48.6 Å². The first-order chi connectivity index (χ1) is 9.38. The van der Waals surface area contributed by atoms with E-state index in [9.17, 15) is 0 Å². The molecule has 2 aliphatic rings. The lowest BCUT2D eigenvalue weighted by Crippen LogP contribution is -2.47. The normalized spacial score (nSPS) is 20.8. The van der Waals surface area contributed by atoms with Crippen LogP contribution in [0.3, 0.4) is 0 Å². The molecule has 104 valence electrons. The van der Waals surface area contributed by atoms with Crippen molar-refractivity contribution in [2.45, 2.75) is 32.4 Å². The molecule has 0 aromatic carbocycles. The van der Waals surface area contributed by atoms with Crippen LogP contribution in [0.15, 0.2) is 18.5 Å². The number of pyridine rings is 1. The van der Waals surface area contributed by atoms with E-state index in [0.717, 1.165) is 32.2 Å². The van der Waals surface area contributed by atoms with Crippen LogP contribution >= 0.6 is 0 Å². The van der Waals surface area contributed by atoms with E-state index in [1.54, 1.807) is 0 Å². The summed E-state index contributed by atoms with van der Waals surface area (Å²) in [5.74, 6) is 0. The summed E-state index contributed by atoms with van der Waals surface area (Å²) in [6.45, 7) is 8.80. The highest BCUT2D eigenvalue weighted by Crippen LogP contribution is 2.29. The number of nitrogens with zero attached hydrogens (tertiary/aromatic N) is 3. The molecule has 0 amide bonds. The molecule has 1 saturated heterocycles. The molecule has 0 radical (unpaired) electrons. The van der Waals surface area contributed by atoms with Gasteiger partial charge in [-0.3, -0.25) is 9.88 Å². The number of rotatable bonds is 5. The second kappa shape index (κ2) is 5.88. The summed E-state index contributed by atoms with van der Waals surface area (Å²) in [4.78, 5) is 9.44. The number of anilines is 1. The van der Waals surface area contributed by atoms with E-state index < -0.39 is 0 Å². The molecule has 4 nitrogen and oxygen atoms in total. The minimum atomic E-state index is 0.904. The lowest BCUT2D eigenvalue weighted by Gasteiger charge is -2.37. The minimum Gasteiger partial charge on any atom is -0.369 e. The quantitative estimate of drug-likeness (QED) is 0.869. The first-order valence-corrected chi connectivity index (χ1v) is 7.51. The fourth-order valence-electron chi connectivity index (χ4n) is 2.89. The Morgan fingerprint density at radius 2 is 2.05 bits per heavy atom. The van der Waals surface area contributed by atoms with Gasteiger partial charge in [-0.2, -0.15) is 0 Å². The van der Waals surface area contributed by atoms with Crippen molar-refractivity contribution in [1.29, 1.82) is 0 Å². The molecule has 1 aliphatic carbocycles. The predicted molar refractivity (Wildman–Crippen MR) is 78.4 cm³/mol. The van der Waals surface area contributed by atoms with Crippen LogP contribution in [-0.2, 0) is 6.54 Å². The molecule has 1 N–H and O–H groups in total. The fraction of sp³-hybridized carbons (Fsp3) is 0.667. The van der Waals surface area contributed by atoms with Crippen molar-refractivity contribution < 1.29 is 0 Å². The monoisotopic (exact) mass is 260 g/mol.